The van der Waals surface area contributed by atoms with E-state index in [4.69, 9.17) is 4.98 Å². The number of para-hydroxylation sites is 2. The second-order valence-electron chi connectivity index (χ2n) is 9.38. The summed E-state index contributed by atoms with van der Waals surface area (Å²) in [6.45, 7) is 10.8. The van der Waals surface area contributed by atoms with E-state index in [0.717, 1.165) is 86.7 Å². The average Bonchev–Trinajstić information content (AvgIpc) is 3.23. The highest BCUT2D eigenvalue weighted by Crippen LogP contribution is 2.32. The Bertz CT molecular complexity index is 1210. The number of amides is 1. The molecule has 2 saturated heterocycles. The third-order valence-electron chi connectivity index (χ3n) is 7.44. The number of piperazine rings is 1. The molecule has 2 aromatic heterocycles. The number of likely N-dealkylation sites (N-methyl/N-ethyl adjacent to an activating group) is 1. The highest BCUT2D eigenvalue weighted by molar-refractivity contribution is 5.85. The Morgan fingerprint density at radius 3 is 2.55 bits per heavy atom. The second kappa shape index (κ2) is 9.03. The van der Waals surface area contributed by atoms with Gasteiger partial charge in [-0.1, -0.05) is 19.1 Å². The Morgan fingerprint density at radius 1 is 1.12 bits per heavy atom. The van der Waals surface area contributed by atoms with Gasteiger partial charge < -0.3 is 14.7 Å². The number of nitriles is 1. The minimum atomic E-state index is 0.321. The Morgan fingerprint density at radius 2 is 1.85 bits per heavy atom. The van der Waals surface area contributed by atoms with Crippen molar-refractivity contribution < 1.29 is 4.79 Å². The maximum atomic E-state index is 12.9. The van der Waals surface area contributed by atoms with Crippen LogP contribution in [0.5, 0.6) is 0 Å². The minimum Gasteiger partial charge on any atom is -0.358 e. The van der Waals surface area contributed by atoms with E-state index in [9.17, 15) is 10.1 Å². The molecule has 7 nitrogen and oxygen atoms in total. The zero-order valence-corrected chi connectivity index (χ0v) is 19.6. The fourth-order valence-electron chi connectivity index (χ4n) is 5.36. The van der Waals surface area contributed by atoms with Crippen molar-refractivity contribution in [3.05, 3.63) is 41.5 Å². The van der Waals surface area contributed by atoms with Crippen LogP contribution in [0.15, 0.2) is 30.3 Å². The van der Waals surface area contributed by atoms with Gasteiger partial charge in [0.15, 0.2) is 5.65 Å². The van der Waals surface area contributed by atoms with Crippen LogP contribution in [0.25, 0.3) is 16.7 Å². The van der Waals surface area contributed by atoms with Gasteiger partial charge in [0, 0.05) is 45.7 Å². The van der Waals surface area contributed by atoms with E-state index < -0.39 is 0 Å². The number of rotatable bonds is 4. The van der Waals surface area contributed by atoms with E-state index in [1.165, 1.54) is 0 Å². The van der Waals surface area contributed by atoms with Crippen LogP contribution in [0.1, 0.15) is 37.3 Å². The maximum Gasteiger partial charge on any atom is 0.222 e. The SMILES string of the molecule is CCN1CCN(C(=O)CC2CCN(c3cc(C)c(C#N)c4nc5ccccc5n34)CC2)CC1. The quantitative estimate of drug-likeness (QED) is 0.617. The normalized spacial score (nSPS) is 18.2. The zero-order valence-electron chi connectivity index (χ0n) is 19.6. The van der Waals surface area contributed by atoms with Crippen molar-refractivity contribution in [3.63, 3.8) is 0 Å². The lowest BCUT2D eigenvalue weighted by Crippen LogP contribution is -2.49. The molecule has 2 fully saturated rings. The summed E-state index contributed by atoms with van der Waals surface area (Å²) in [4.78, 5) is 24.5. The first-order valence-electron chi connectivity index (χ1n) is 12.1. The summed E-state index contributed by atoms with van der Waals surface area (Å²) in [5.74, 6) is 1.85. The first-order chi connectivity index (χ1) is 16.1. The zero-order chi connectivity index (χ0) is 22.9. The maximum absolute atomic E-state index is 12.9. The molecule has 7 heteroatoms. The van der Waals surface area contributed by atoms with Crippen molar-refractivity contribution in [2.24, 2.45) is 5.92 Å². The van der Waals surface area contributed by atoms with Crippen LogP contribution in [0, 0.1) is 24.2 Å². The van der Waals surface area contributed by atoms with E-state index in [2.05, 4.69) is 44.2 Å². The number of hydrogen-bond acceptors (Lipinski definition) is 5. The van der Waals surface area contributed by atoms with Crippen LogP contribution in [0.3, 0.4) is 0 Å². The summed E-state index contributed by atoms with van der Waals surface area (Å²) in [7, 11) is 0. The minimum absolute atomic E-state index is 0.321. The molecular weight excluding hydrogens is 412 g/mol. The summed E-state index contributed by atoms with van der Waals surface area (Å²) in [6.07, 6.45) is 2.68. The molecule has 2 aliphatic heterocycles. The van der Waals surface area contributed by atoms with Gasteiger partial charge in [-0.05, 0) is 56.0 Å². The molecule has 33 heavy (non-hydrogen) atoms. The van der Waals surface area contributed by atoms with E-state index >= 15 is 0 Å². The van der Waals surface area contributed by atoms with Gasteiger partial charge in [0.2, 0.25) is 5.91 Å². The highest BCUT2D eigenvalue weighted by atomic mass is 16.2. The first-order valence-corrected chi connectivity index (χ1v) is 12.1. The van der Waals surface area contributed by atoms with Crippen LogP contribution < -0.4 is 4.90 Å². The van der Waals surface area contributed by atoms with E-state index in [1.54, 1.807) is 0 Å². The molecule has 0 spiro atoms. The predicted octanol–water partition coefficient (Wildman–Crippen LogP) is 3.44. The van der Waals surface area contributed by atoms with Crippen molar-refractivity contribution in [3.8, 4) is 6.07 Å². The number of hydrogen-bond donors (Lipinski definition) is 0. The Balaban J connectivity index is 1.32. The molecule has 4 heterocycles. The molecule has 0 bridgehead atoms. The summed E-state index contributed by atoms with van der Waals surface area (Å²) in [5, 5.41) is 9.74. The van der Waals surface area contributed by atoms with Gasteiger partial charge in [0.25, 0.3) is 0 Å². The van der Waals surface area contributed by atoms with Gasteiger partial charge in [-0.3, -0.25) is 9.20 Å². The number of nitrogens with zero attached hydrogens (tertiary/aromatic N) is 6. The lowest BCUT2D eigenvalue weighted by Gasteiger charge is -2.37. The predicted molar refractivity (Wildman–Crippen MR) is 130 cm³/mol. The number of benzene rings is 1. The van der Waals surface area contributed by atoms with Gasteiger partial charge in [-0.25, -0.2) is 4.98 Å². The third-order valence-corrected chi connectivity index (χ3v) is 7.44. The second-order valence-corrected chi connectivity index (χ2v) is 9.38. The number of aryl methyl sites for hydroxylation is 1. The van der Waals surface area contributed by atoms with Crippen molar-refractivity contribution >= 4 is 28.4 Å². The number of aromatic nitrogens is 2. The summed E-state index contributed by atoms with van der Waals surface area (Å²) in [6, 6.07) is 12.5. The molecule has 5 rings (SSSR count). The highest BCUT2D eigenvalue weighted by Gasteiger charge is 2.27. The molecule has 3 aromatic rings. The summed E-state index contributed by atoms with van der Waals surface area (Å²) in [5.41, 5.74) is 4.27. The topological polar surface area (TPSA) is 67.9 Å². The van der Waals surface area contributed by atoms with Crippen LogP contribution >= 0.6 is 0 Å². The number of carbonyl (C=O) groups is 1. The molecule has 1 aromatic carbocycles. The number of imidazole rings is 1. The molecule has 1 amide bonds. The Kier molecular flexibility index (Phi) is 5.94. The van der Waals surface area contributed by atoms with E-state index in [-0.39, 0.29) is 0 Å². The van der Waals surface area contributed by atoms with Crippen LogP contribution in [-0.4, -0.2) is 70.9 Å². The summed E-state index contributed by atoms with van der Waals surface area (Å²) >= 11 is 0. The lowest BCUT2D eigenvalue weighted by molar-refractivity contribution is -0.134. The van der Waals surface area contributed by atoms with Gasteiger partial charge >= 0.3 is 0 Å². The number of fused-ring (bicyclic) bond motifs is 3. The summed E-state index contributed by atoms with van der Waals surface area (Å²) < 4.78 is 2.14. The molecular formula is C26H32N6O. The van der Waals surface area contributed by atoms with Crippen LogP contribution in [-0.2, 0) is 4.79 Å². The van der Waals surface area contributed by atoms with Crippen LogP contribution in [0.2, 0.25) is 0 Å². The average molecular weight is 445 g/mol. The first kappa shape index (κ1) is 21.7. The number of carbonyl (C=O) groups excluding carboxylic acids is 1. The van der Waals surface area contributed by atoms with Crippen molar-refractivity contribution in [1.82, 2.24) is 19.2 Å². The van der Waals surface area contributed by atoms with Crippen molar-refractivity contribution in [2.45, 2.75) is 33.1 Å². The van der Waals surface area contributed by atoms with E-state index in [1.807, 2.05) is 25.1 Å². The third kappa shape index (κ3) is 4.04. The van der Waals surface area contributed by atoms with Crippen molar-refractivity contribution in [1.29, 1.82) is 5.26 Å². The number of piperidine rings is 1. The standard InChI is InChI=1S/C26H32N6O/c1-3-29-12-14-31(15-13-29)25(33)17-20-8-10-30(11-9-20)24-16-19(2)21(18-27)26-28-22-6-4-5-7-23(22)32(24)26/h4-7,16,20H,3,8-15,17H2,1-2H3. The molecule has 0 aliphatic carbocycles. The van der Waals surface area contributed by atoms with Crippen molar-refractivity contribution in [2.75, 3.05) is 50.7 Å². The molecule has 2 aliphatic rings. The molecule has 172 valence electrons. The van der Waals surface area contributed by atoms with Gasteiger partial charge in [-0.2, -0.15) is 5.26 Å². The molecule has 0 unspecified atom stereocenters. The fourth-order valence-corrected chi connectivity index (χ4v) is 5.36. The van der Waals surface area contributed by atoms with Crippen LogP contribution in [0.4, 0.5) is 5.82 Å². The monoisotopic (exact) mass is 444 g/mol. The molecule has 0 N–H and O–H groups in total. The number of pyridine rings is 1. The Hall–Kier alpha value is -3.11. The van der Waals surface area contributed by atoms with Gasteiger partial charge in [0.1, 0.15) is 11.9 Å². The van der Waals surface area contributed by atoms with E-state index in [0.29, 0.717) is 23.8 Å². The Labute approximate surface area is 195 Å². The number of anilines is 1. The largest absolute Gasteiger partial charge is 0.358 e. The molecule has 0 radical (unpaired) electrons. The van der Waals surface area contributed by atoms with Gasteiger partial charge in [-0.15, -0.1) is 0 Å². The smallest absolute Gasteiger partial charge is 0.222 e. The molecule has 0 saturated carbocycles. The molecule has 0 atom stereocenters. The van der Waals surface area contributed by atoms with Gasteiger partial charge in [0.05, 0.1) is 16.6 Å². The lowest BCUT2D eigenvalue weighted by atomic mass is 9.92. The fraction of sp³-hybridized carbons (Fsp3) is 0.500.